The molecule has 3 aromatic rings. The summed E-state index contributed by atoms with van der Waals surface area (Å²) in [7, 11) is 0. The molecule has 0 atom stereocenters. The molecule has 0 nitrogen and oxygen atoms in total. The van der Waals surface area contributed by atoms with E-state index in [9.17, 15) is 0 Å². The molecule has 0 heteroatoms. The standard InChI is InChI=1S/C15H12.CH4/c1-11-10-12-6-2-3-8-14(12)15-9-5-4-7-13(11)15;/h2-10H,1H3;1H4. The van der Waals surface area contributed by atoms with Crippen LogP contribution in [-0.4, -0.2) is 0 Å². The molecule has 0 bridgehead atoms. The predicted octanol–water partition coefficient (Wildman–Crippen LogP) is 4.94. The first-order valence-corrected chi connectivity index (χ1v) is 5.23. The number of hydrogen-bond donors (Lipinski definition) is 0. The minimum absolute atomic E-state index is 0. The molecule has 0 unspecified atom stereocenters. The van der Waals surface area contributed by atoms with Gasteiger partial charge in [0.1, 0.15) is 0 Å². The molecule has 0 aliphatic heterocycles. The van der Waals surface area contributed by atoms with Crippen LogP contribution in [0.4, 0.5) is 0 Å². The van der Waals surface area contributed by atoms with Gasteiger partial charge in [0.25, 0.3) is 0 Å². The van der Waals surface area contributed by atoms with Crippen molar-refractivity contribution in [3.8, 4) is 0 Å². The van der Waals surface area contributed by atoms with Gasteiger partial charge in [0, 0.05) is 0 Å². The van der Waals surface area contributed by atoms with Gasteiger partial charge in [-0.2, -0.15) is 0 Å². The fraction of sp³-hybridized carbons (Fsp3) is 0.125. The normalized spacial score (nSPS) is 10.3. The van der Waals surface area contributed by atoms with Gasteiger partial charge in [-0.3, -0.25) is 0 Å². The summed E-state index contributed by atoms with van der Waals surface area (Å²) < 4.78 is 0. The SMILES string of the molecule is C.Cc1cc2ccccc2c2ccccc12. The summed E-state index contributed by atoms with van der Waals surface area (Å²) in [6, 6.07) is 19.4. The van der Waals surface area contributed by atoms with Crippen LogP contribution >= 0.6 is 0 Å². The summed E-state index contributed by atoms with van der Waals surface area (Å²) in [4.78, 5) is 0. The molecule has 0 amide bonds. The van der Waals surface area contributed by atoms with E-state index in [-0.39, 0.29) is 7.43 Å². The van der Waals surface area contributed by atoms with Gasteiger partial charge in [-0.05, 0) is 34.0 Å². The van der Waals surface area contributed by atoms with Gasteiger partial charge in [0.2, 0.25) is 0 Å². The van der Waals surface area contributed by atoms with Gasteiger partial charge in [-0.25, -0.2) is 0 Å². The highest BCUT2D eigenvalue weighted by Crippen LogP contribution is 2.27. The first-order valence-electron chi connectivity index (χ1n) is 5.23. The Kier molecular flexibility index (Phi) is 2.66. The Balaban J connectivity index is 0.000000963. The average molecular weight is 208 g/mol. The second kappa shape index (κ2) is 3.97. The Morgan fingerprint density at radius 1 is 0.688 bits per heavy atom. The summed E-state index contributed by atoms with van der Waals surface area (Å²) in [5, 5.41) is 5.39. The highest BCUT2D eigenvalue weighted by Gasteiger charge is 2.01. The van der Waals surface area contributed by atoms with Crippen molar-refractivity contribution >= 4 is 21.5 Å². The molecule has 0 aliphatic rings. The number of benzene rings is 3. The largest absolute Gasteiger partial charge is 0.0776 e. The second-order valence-electron chi connectivity index (χ2n) is 3.96. The lowest BCUT2D eigenvalue weighted by Crippen LogP contribution is -1.81. The van der Waals surface area contributed by atoms with E-state index in [4.69, 9.17) is 0 Å². The summed E-state index contributed by atoms with van der Waals surface area (Å²) in [5.74, 6) is 0. The topological polar surface area (TPSA) is 0 Å². The molecule has 3 rings (SSSR count). The number of hydrogen-bond acceptors (Lipinski definition) is 0. The van der Waals surface area contributed by atoms with Crippen molar-refractivity contribution in [1.29, 1.82) is 0 Å². The summed E-state index contributed by atoms with van der Waals surface area (Å²) in [6.07, 6.45) is 0. The smallest absolute Gasteiger partial charge is 0.0103 e. The highest BCUT2D eigenvalue weighted by molar-refractivity contribution is 6.08. The number of fused-ring (bicyclic) bond motifs is 3. The first-order chi connectivity index (χ1) is 7.36. The molecule has 0 N–H and O–H groups in total. The van der Waals surface area contributed by atoms with E-state index in [1.807, 2.05) is 0 Å². The van der Waals surface area contributed by atoms with Crippen LogP contribution in [-0.2, 0) is 0 Å². The first kappa shape index (κ1) is 10.7. The number of aryl methyl sites for hydroxylation is 1. The quantitative estimate of drug-likeness (QED) is 0.459. The van der Waals surface area contributed by atoms with Crippen LogP contribution in [0.1, 0.15) is 13.0 Å². The number of rotatable bonds is 0. The minimum atomic E-state index is 0. The fourth-order valence-corrected chi connectivity index (χ4v) is 2.24. The lowest BCUT2D eigenvalue weighted by molar-refractivity contribution is 1.56. The molecule has 0 aromatic heterocycles. The Morgan fingerprint density at radius 2 is 1.25 bits per heavy atom. The van der Waals surface area contributed by atoms with E-state index in [1.54, 1.807) is 0 Å². The zero-order valence-electron chi connectivity index (χ0n) is 8.70. The lowest BCUT2D eigenvalue weighted by atomic mass is 9.98. The molecule has 80 valence electrons. The van der Waals surface area contributed by atoms with Crippen LogP contribution in [0.25, 0.3) is 21.5 Å². The average Bonchev–Trinajstić information content (AvgIpc) is 2.30. The van der Waals surface area contributed by atoms with Crippen LogP contribution < -0.4 is 0 Å². The molecular formula is C16H16. The van der Waals surface area contributed by atoms with Gasteiger partial charge in [-0.15, -0.1) is 0 Å². The summed E-state index contributed by atoms with van der Waals surface area (Å²) in [6.45, 7) is 2.18. The van der Waals surface area contributed by atoms with Crippen molar-refractivity contribution in [2.24, 2.45) is 0 Å². The van der Waals surface area contributed by atoms with Gasteiger partial charge in [-0.1, -0.05) is 62.0 Å². The van der Waals surface area contributed by atoms with E-state index in [0.29, 0.717) is 0 Å². The van der Waals surface area contributed by atoms with Crippen molar-refractivity contribution in [3.05, 3.63) is 60.2 Å². The maximum Gasteiger partial charge on any atom is -0.0103 e. The Morgan fingerprint density at radius 3 is 2.00 bits per heavy atom. The van der Waals surface area contributed by atoms with E-state index >= 15 is 0 Å². The molecule has 0 spiro atoms. The third kappa shape index (κ3) is 1.47. The third-order valence-corrected chi connectivity index (χ3v) is 2.97. The second-order valence-corrected chi connectivity index (χ2v) is 3.96. The van der Waals surface area contributed by atoms with Crippen LogP contribution in [0, 0.1) is 6.92 Å². The maximum absolute atomic E-state index is 2.26. The van der Waals surface area contributed by atoms with Crippen LogP contribution in [0.2, 0.25) is 0 Å². The highest BCUT2D eigenvalue weighted by atomic mass is 14.1. The molecule has 0 aliphatic carbocycles. The summed E-state index contributed by atoms with van der Waals surface area (Å²) >= 11 is 0. The zero-order chi connectivity index (χ0) is 10.3. The van der Waals surface area contributed by atoms with Gasteiger partial charge in [0.05, 0.1) is 0 Å². The van der Waals surface area contributed by atoms with Gasteiger partial charge < -0.3 is 0 Å². The maximum atomic E-state index is 2.26. The molecular weight excluding hydrogens is 192 g/mol. The van der Waals surface area contributed by atoms with Crippen molar-refractivity contribution in [1.82, 2.24) is 0 Å². The van der Waals surface area contributed by atoms with Gasteiger partial charge >= 0.3 is 0 Å². The van der Waals surface area contributed by atoms with Crippen LogP contribution in [0.15, 0.2) is 54.6 Å². The van der Waals surface area contributed by atoms with Crippen LogP contribution in [0.3, 0.4) is 0 Å². The summed E-state index contributed by atoms with van der Waals surface area (Å²) in [5.41, 5.74) is 1.35. The molecule has 0 radical (unpaired) electrons. The Bertz CT molecular complexity index is 636. The van der Waals surface area contributed by atoms with Gasteiger partial charge in [0.15, 0.2) is 0 Å². The molecule has 0 saturated carbocycles. The molecule has 0 heterocycles. The molecule has 0 fully saturated rings. The Hall–Kier alpha value is -1.82. The zero-order valence-corrected chi connectivity index (χ0v) is 8.70. The molecule has 16 heavy (non-hydrogen) atoms. The van der Waals surface area contributed by atoms with Crippen molar-refractivity contribution in [3.63, 3.8) is 0 Å². The fourth-order valence-electron chi connectivity index (χ4n) is 2.24. The lowest BCUT2D eigenvalue weighted by Gasteiger charge is -2.06. The van der Waals surface area contributed by atoms with Crippen LogP contribution in [0.5, 0.6) is 0 Å². The monoisotopic (exact) mass is 208 g/mol. The van der Waals surface area contributed by atoms with E-state index < -0.39 is 0 Å². The van der Waals surface area contributed by atoms with E-state index in [2.05, 4.69) is 61.5 Å². The predicted molar refractivity (Wildman–Crippen MR) is 72.9 cm³/mol. The van der Waals surface area contributed by atoms with Crippen molar-refractivity contribution in [2.45, 2.75) is 14.4 Å². The van der Waals surface area contributed by atoms with Crippen molar-refractivity contribution < 1.29 is 0 Å². The minimum Gasteiger partial charge on any atom is -0.0776 e. The third-order valence-electron chi connectivity index (χ3n) is 2.97. The molecule has 0 saturated heterocycles. The van der Waals surface area contributed by atoms with Crippen molar-refractivity contribution in [2.75, 3.05) is 0 Å². The molecule has 3 aromatic carbocycles. The van der Waals surface area contributed by atoms with E-state index in [1.165, 1.54) is 27.1 Å². The Labute approximate surface area is 96.5 Å². The van der Waals surface area contributed by atoms with E-state index in [0.717, 1.165) is 0 Å².